The van der Waals surface area contributed by atoms with Gasteiger partial charge < -0.3 is 10.0 Å². The maximum absolute atomic E-state index is 12.4. The van der Waals surface area contributed by atoms with Crippen LogP contribution in [0.1, 0.15) is 27.2 Å². The molecule has 1 atom stereocenters. The molecule has 1 aliphatic rings. The number of carboxylic acid groups (broad SMARTS) is 1. The first-order valence-corrected chi connectivity index (χ1v) is 8.94. The van der Waals surface area contributed by atoms with Crippen LogP contribution >= 0.6 is 0 Å². The molecule has 8 heteroatoms. The van der Waals surface area contributed by atoms with Crippen molar-refractivity contribution >= 4 is 21.7 Å². The minimum atomic E-state index is -3.05. The van der Waals surface area contributed by atoms with Crippen LogP contribution in [0.4, 0.5) is 0 Å². The molecular formula is C13H24N2O5S. The highest BCUT2D eigenvalue weighted by Gasteiger charge is 2.34. The van der Waals surface area contributed by atoms with E-state index in [0.29, 0.717) is 13.0 Å². The summed E-state index contributed by atoms with van der Waals surface area (Å²) in [5.41, 5.74) is 0. The zero-order valence-electron chi connectivity index (χ0n) is 12.8. The highest BCUT2D eigenvalue weighted by Crippen LogP contribution is 2.18. The Bertz CT molecular complexity index is 489. The number of carbonyl (C=O) groups is 2. The molecule has 0 spiro atoms. The summed E-state index contributed by atoms with van der Waals surface area (Å²) in [6, 6.07) is -0.359. The minimum absolute atomic E-state index is 0.00560. The Kier molecular flexibility index (Phi) is 6.15. The first-order valence-electron chi connectivity index (χ1n) is 7.12. The lowest BCUT2D eigenvalue weighted by molar-refractivity contribution is -0.140. The Morgan fingerprint density at radius 3 is 2.29 bits per heavy atom. The van der Waals surface area contributed by atoms with Gasteiger partial charge in [0.05, 0.1) is 24.6 Å². The van der Waals surface area contributed by atoms with Crippen LogP contribution < -0.4 is 0 Å². The van der Waals surface area contributed by atoms with Crippen LogP contribution in [0.15, 0.2) is 0 Å². The average molecular weight is 320 g/mol. The zero-order chi connectivity index (χ0) is 16.2. The van der Waals surface area contributed by atoms with Crippen LogP contribution in [0.3, 0.4) is 0 Å². The molecule has 1 saturated heterocycles. The maximum atomic E-state index is 12.4. The van der Waals surface area contributed by atoms with Gasteiger partial charge >= 0.3 is 5.97 Å². The van der Waals surface area contributed by atoms with Crippen molar-refractivity contribution in [1.82, 2.24) is 9.80 Å². The number of hydrogen-bond donors (Lipinski definition) is 1. The summed E-state index contributed by atoms with van der Waals surface area (Å²) in [6.45, 7) is 5.68. The SMILES string of the molecule is CCN(C(=O)CN(CC(=O)O)C(C)C)C1CCS(=O)(=O)C1. The van der Waals surface area contributed by atoms with Gasteiger partial charge in [-0.25, -0.2) is 8.42 Å². The summed E-state index contributed by atoms with van der Waals surface area (Å²) >= 11 is 0. The van der Waals surface area contributed by atoms with E-state index in [1.807, 2.05) is 13.8 Å². The lowest BCUT2D eigenvalue weighted by Crippen LogP contribution is -2.48. The van der Waals surface area contributed by atoms with E-state index < -0.39 is 15.8 Å². The molecule has 1 amide bonds. The Balaban J connectivity index is 2.72. The minimum Gasteiger partial charge on any atom is -0.480 e. The van der Waals surface area contributed by atoms with Crippen molar-refractivity contribution in [3.05, 3.63) is 0 Å². The summed E-state index contributed by atoms with van der Waals surface area (Å²) in [5.74, 6) is -1.07. The molecule has 0 bridgehead atoms. The number of carboxylic acids is 1. The highest BCUT2D eigenvalue weighted by molar-refractivity contribution is 7.91. The fourth-order valence-corrected chi connectivity index (χ4v) is 4.25. The molecule has 1 rings (SSSR count). The molecule has 0 aliphatic carbocycles. The second-order valence-corrected chi connectivity index (χ2v) is 7.86. The second kappa shape index (κ2) is 7.22. The Labute approximate surface area is 125 Å². The number of rotatable bonds is 7. The van der Waals surface area contributed by atoms with Gasteiger partial charge in [0.25, 0.3) is 0 Å². The molecule has 0 aromatic heterocycles. The standard InChI is InChI=1S/C13H24N2O5S/c1-4-15(11-5-6-21(19,20)9-11)12(16)7-14(10(2)3)8-13(17)18/h10-11H,4-9H2,1-3H3,(H,17,18). The molecule has 7 nitrogen and oxygen atoms in total. The predicted molar refractivity (Wildman–Crippen MR) is 78.8 cm³/mol. The molecular weight excluding hydrogens is 296 g/mol. The normalized spacial score (nSPS) is 20.9. The van der Waals surface area contributed by atoms with Gasteiger partial charge in [-0.15, -0.1) is 0 Å². The molecule has 0 saturated carbocycles. The zero-order valence-corrected chi connectivity index (χ0v) is 13.6. The van der Waals surface area contributed by atoms with Crippen molar-refractivity contribution in [2.75, 3.05) is 31.1 Å². The molecule has 0 radical (unpaired) electrons. The molecule has 122 valence electrons. The first-order chi connectivity index (χ1) is 9.66. The van der Waals surface area contributed by atoms with E-state index in [-0.39, 0.29) is 42.6 Å². The summed E-state index contributed by atoms with van der Waals surface area (Å²) in [6.07, 6.45) is 0.461. The van der Waals surface area contributed by atoms with E-state index in [9.17, 15) is 18.0 Å². The Morgan fingerprint density at radius 2 is 1.90 bits per heavy atom. The van der Waals surface area contributed by atoms with Gasteiger partial charge in [-0.3, -0.25) is 14.5 Å². The number of sulfone groups is 1. The van der Waals surface area contributed by atoms with E-state index >= 15 is 0 Å². The Morgan fingerprint density at radius 1 is 1.29 bits per heavy atom. The van der Waals surface area contributed by atoms with Crippen LogP contribution in [0.5, 0.6) is 0 Å². The molecule has 1 N–H and O–H groups in total. The lowest BCUT2D eigenvalue weighted by Gasteiger charge is -2.31. The highest BCUT2D eigenvalue weighted by atomic mass is 32.2. The molecule has 0 aromatic carbocycles. The number of carbonyl (C=O) groups excluding carboxylic acids is 1. The molecule has 1 unspecified atom stereocenters. The Hall–Kier alpha value is -1.15. The molecule has 0 aromatic rings. The maximum Gasteiger partial charge on any atom is 0.317 e. The number of amides is 1. The van der Waals surface area contributed by atoms with Gasteiger partial charge in [0.15, 0.2) is 9.84 Å². The van der Waals surface area contributed by atoms with Crippen molar-refractivity contribution in [1.29, 1.82) is 0 Å². The second-order valence-electron chi connectivity index (χ2n) is 5.63. The molecule has 1 fully saturated rings. The van der Waals surface area contributed by atoms with Gasteiger partial charge in [0.1, 0.15) is 0 Å². The van der Waals surface area contributed by atoms with Gasteiger partial charge in [-0.2, -0.15) is 0 Å². The summed E-state index contributed by atoms with van der Waals surface area (Å²) in [7, 11) is -3.05. The van der Waals surface area contributed by atoms with Gasteiger partial charge in [-0.05, 0) is 27.2 Å². The number of hydrogen-bond acceptors (Lipinski definition) is 5. The van der Waals surface area contributed by atoms with Crippen LogP contribution in [-0.2, 0) is 19.4 Å². The fourth-order valence-electron chi connectivity index (χ4n) is 2.52. The van der Waals surface area contributed by atoms with E-state index in [1.54, 1.807) is 16.7 Å². The third kappa shape index (κ3) is 5.28. The summed E-state index contributed by atoms with van der Waals surface area (Å²) in [4.78, 5) is 26.3. The first kappa shape index (κ1) is 17.9. The van der Waals surface area contributed by atoms with Crippen LogP contribution in [0, 0.1) is 0 Å². The average Bonchev–Trinajstić information content (AvgIpc) is 2.69. The van der Waals surface area contributed by atoms with Gasteiger partial charge in [0, 0.05) is 18.6 Å². The topological polar surface area (TPSA) is 95.0 Å². The molecule has 21 heavy (non-hydrogen) atoms. The lowest BCUT2D eigenvalue weighted by atomic mass is 10.2. The fraction of sp³-hybridized carbons (Fsp3) is 0.846. The van der Waals surface area contributed by atoms with Crippen molar-refractivity contribution in [3.63, 3.8) is 0 Å². The van der Waals surface area contributed by atoms with E-state index in [0.717, 1.165) is 0 Å². The van der Waals surface area contributed by atoms with Crippen molar-refractivity contribution < 1.29 is 23.1 Å². The predicted octanol–water partition coefficient (Wildman–Crippen LogP) is -0.183. The smallest absolute Gasteiger partial charge is 0.317 e. The largest absolute Gasteiger partial charge is 0.480 e. The third-order valence-corrected chi connectivity index (χ3v) is 5.47. The van der Waals surface area contributed by atoms with Crippen LogP contribution in [-0.4, -0.2) is 78.4 Å². The third-order valence-electron chi connectivity index (χ3n) is 3.72. The number of nitrogens with zero attached hydrogens (tertiary/aromatic N) is 2. The number of likely N-dealkylation sites (N-methyl/N-ethyl adjacent to an activating group) is 1. The molecule has 1 aliphatic heterocycles. The monoisotopic (exact) mass is 320 g/mol. The summed E-state index contributed by atoms with van der Waals surface area (Å²) < 4.78 is 23.1. The van der Waals surface area contributed by atoms with Crippen LogP contribution in [0.2, 0.25) is 0 Å². The van der Waals surface area contributed by atoms with E-state index in [2.05, 4.69) is 0 Å². The summed E-state index contributed by atoms with van der Waals surface area (Å²) in [5, 5.41) is 8.88. The van der Waals surface area contributed by atoms with Crippen molar-refractivity contribution in [2.45, 2.75) is 39.3 Å². The van der Waals surface area contributed by atoms with Crippen molar-refractivity contribution in [2.24, 2.45) is 0 Å². The molecule has 1 heterocycles. The van der Waals surface area contributed by atoms with Gasteiger partial charge in [0.2, 0.25) is 5.91 Å². The van der Waals surface area contributed by atoms with E-state index in [4.69, 9.17) is 5.11 Å². The van der Waals surface area contributed by atoms with E-state index in [1.165, 1.54) is 0 Å². The van der Waals surface area contributed by atoms with Gasteiger partial charge in [-0.1, -0.05) is 0 Å². The van der Waals surface area contributed by atoms with Crippen LogP contribution in [0.25, 0.3) is 0 Å². The number of aliphatic carboxylic acids is 1. The van der Waals surface area contributed by atoms with Crippen molar-refractivity contribution in [3.8, 4) is 0 Å². The quantitative estimate of drug-likeness (QED) is 0.699.